The van der Waals surface area contributed by atoms with Gasteiger partial charge in [0.2, 0.25) is 5.91 Å². The molecule has 0 saturated carbocycles. The van der Waals surface area contributed by atoms with Gasteiger partial charge in [-0.05, 0) is 33.0 Å². The number of carbonyl (C=O) groups excluding carboxylic acids is 1. The molecule has 1 saturated heterocycles. The van der Waals surface area contributed by atoms with Gasteiger partial charge in [0.25, 0.3) is 0 Å². The van der Waals surface area contributed by atoms with Gasteiger partial charge in [0.15, 0.2) is 0 Å². The Morgan fingerprint density at radius 3 is 2.82 bits per heavy atom. The quantitative estimate of drug-likeness (QED) is 0.802. The van der Waals surface area contributed by atoms with Crippen LogP contribution in [0, 0.1) is 11.6 Å². The maximum Gasteiger partial charge on any atom is 0.235 e. The molecule has 0 radical (unpaired) electrons. The lowest BCUT2D eigenvalue weighted by molar-refractivity contribution is -0.133. The van der Waals surface area contributed by atoms with E-state index >= 15 is 0 Å². The number of piperidine rings is 1. The highest BCUT2D eigenvalue weighted by Gasteiger charge is 2.29. The van der Waals surface area contributed by atoms with Crippen molar-refractivity contribution in [3.8, 4) is 0 Å². The summed E-state index contributed by atoms with van der Waals surface area (Å²) in [5, 5.41) is -0.0443. The number of halogens is 2. The SMILES string of the molecule is CN(C)CCSC1CCCN(Cc2ccc(F)cc2F)C1=O. The lowest BCUT2D eigenvalue weighted by Crippen LogP contribution is -2.42. The van der Waals surface area contributed by atoms with Crippen LogP contribution in [-0.2, 0) is 11.3 Å². The van der Waals surface area contributed by atoms with Crippen LogP contribution in [0.4, 0.5) is 8.78 Å². The Bertz CT molecular complexity index is 525. The van der Waals surface area contributed by atoms with Crippen molar-refractivity contribution >= 4 is 17.7 Å². The first-order chi connectivity index (χ1) is 10.5. The average Bonchev–Trinajstić information content (AvgIpc) is 2.45. The van der Waals surface area contributed by atoms with E-state index in [1.54, 1.807) is 16.7 Å². The Morgan fingerprint density at radius 2 is 2.14 bits per heavy atom. The first-order valence-corrected chi connectivity index (χ1v) is 8.51. The van der Waals surface area contributed by atoms with Crippen LogP contribution in [0.25, 0.3) is 0 Å². The molecule has 1 fully saturated rings. The van der Waals surface area contributed by atoms with Crippen molar-refractivity contribution in [1.82, 2.24) is 9.80 Å². The van der Waals surface area contributed by atoms with Crippen LogP contribution in [0.3, 0.4) is 0 Å². The molecule has 0 aromatic heterocycles. The Morgan fingerprint density at radius 1 is 1.36 bits per heavy atom. The standard InChI is InChI=1S/C16H22F2N2OS/c1-19(2)8-9-22-15-4-3-7-20(16(15)21)11-12-5-6-13(17)10-14(12)18/h5-6,10,15H,3-4,7-9,11H2,1-2H3. The zero-order chi connectivity index (χ0) is 16.1. The van der Waals surface area contributed by atoms with Crippen molar-refractivity contribution in [2.75, 3.05) is 32.9 Å². The monoisotopic (exact) mass is 328 g/mol. The molecule has 1 unspecified atom stereocenters. The van der Waals surface area contributed by atoms with E-state index < -0.39 is 11.6 Å². The van der Waals surface area contributed by atoms with Crippen LogP contribution in [0.1, 0.15) is 18.4 Å². The normalized spacial score (nSPS) is 19.0. The van der Waals surface area contributed by atoms with Gasteiger partial charge in [0.1, 0.15) is 11.6 Å². The smallest absolute Gasteiger partial charge is 0.235 e. The van der Waals surface area contributed by atoms with Crippen molar-refractivity contribution in [2.24, 2.45) is 0 Å². The molecule has 22 heavy (non-hydrogen) atoms. The van der Waals surface area contributed by atoms with Gasteiger partial charge >= 0.3 is 0 Å². The molecule has 1 atom stereocenters. The first-order valence-electron chi connectivity index (χ1n) is 7.46. The second-order valence-corrected chi connectivity index (χ2v) is 7.11. The molecule has 1 heterocycles. The third-order valence-electron chi connectivity index (χ3n) is 3.72. The second kappa shape index (κ2) is 7.92. The summed E-state index contributed by atoms with van der Waals surface area (Å²) >= 11 is 1.67. The maximum atomic E-state index is 13.7. The molecule has 6 heteroatoms. The zero-order valence-corrected chi connectivity index (χ0v) is 13.8. The summed E-state index contributed by atoms with van der Waals surface area (Å²) in [7, 11) is 4.01. The van der Waals surface area contributed by atoms with Crippen LogP contribution in [0.5, 0.6) is 0 Å². The number of nitrogens with zero attached hydrogens (tertiary/aromatic N) is 2. The molecule has 1 aromatic carbocycles. The minimum Gasteiger partial charge on any atom is -0.337 e. The van der Waals surface area contributed by atoms with Crippen molar-refractivity contribution < 1.29 is 13.6 Å². The van der Waals surface area contributed by atoms with Gasteiger partial charge in [-0.15, -0.1) is 11.8 Å². The van der Waals surface area contributed by atoms with Gasteiger partial charge in [0, 0.05) is 37.0 Å². The summed E-state index contributed by atoms with van der Waals surface area (Å²) in [6.45, 7) is 1.79. The molecule has 2 rings (SSSR count). The highest BCUT2D eigenvalue weighted by Crippen LogP contribution is 2.25. The van der Waals surface area contributed by atoms with Crippen LogP contribution in [-0.4, -0.2) is 53.9 Å². The van der Waals surface area contributed by atoms with E-state index in [1.807, 2.05) is 14.1 Å². The van der Waals surface area contributed by atoms with Crippen LogP contribution >= 0.6 is 11.8 Å². The summed E-state index contributed by atoms with van der Waals surface area (Å²) in [5.74, 6) is -0.209. The van der Waals surface area contributed by atoms with E-state index in [0.717, 1.165) is 31.2 Å². The van der Waals surface area contributed by atoms with Gasteiger partial charge in [-0.2, -0.15) is 0 Å². The fraction of sp³-hybridized carbons (Fsp3) is 0.562. The third-order valence-corrected chi connectivity index (χ3v) is 4.97. The maximum absolute atomic E-state index is 13.7. The van der Waals surface area contributed by atoms with Crippen LogP contribution in [0.2, 0.25) is 0 Å². The highest BCUT2D eigenvalue weighted by molar-refractivity contribution is 8.00. The molecular weight excluding hydrogens is 306 g/mol. The molecule has 0 N–H and O–H groups in total. The number of likely N-dealkylation sites (tertiary alicyclic amines) is 1. The minimum atomic E-state index is -0.594. The zero-order valence-electron chi connectivity index (χ0n) is 13.0. The molecule has 122 valence electrons. The van der Waals surface area contributed by atoms with Gasteiger partial charge in [-0.3, -0.25) is 4.79 Å². The third kappa shape index (κ3) is 4.68. The summed E-state index contributed by atoms with van der Waals surface area (Å²) < 4.78 is 26.7. The van der Waals surface area contributed by atoms with Gasteiger partial charge in [-0.1, -0.05) is 6.07 Å². The highest BCUT2D eigenvalue weighted by atomic mass is 32.2. The summed E-state index contributed by atoms with van der Waals surface area (Å²) in [4.78, 5) is 16.3. The van der Waals surface area contributed by atoms with Crippen molar-refractivity contribution in [3.63, 3.8) is 0 Å². The Labute approximate surface area is 134 Å². The fourth-order valence-corrected chi connectivity index (χ4v) is 3.83. The van der Waals surface area contributed by atoms with Gasteiger partial charge < -0.3 is 9.80 Å². The van der Waals surface area contributed by atoms with E-state index in [4.69, 9.17) is 0 Å². The van der Waals surface area contributed by atoms with E-state index in [2.05, 4.69) is 4.90 Å². The van der Waals surface area contributed by atoms with E-state index in [9.17, 15) is 13.6 Å². The molecule has 0 aliphatic carbocycles. The molecule has 1 aliphatic heterocycles. The summed E-state index contributed by atoms with van der Waals surface area (Å²) in [5.41, 5.74) is 0.369. The first kappa shape index (κ1) is 17.2. The largest absolute Gasteiger partial charge is 0.337 e. The molecule has 1 aliphatic rings. The number of carbonyl (C=O) groups is 1. The van der Waals surface area contributed by atoms with Gasteiger partial charge in [0.05, 0.1) is 5.25 Å². The van der Waals surface area contributed by atoms with Crippen molar-refractivity contribution in [1.29, 1.82) is 0 Å². The number of hydrogen-bond acceptors (Lipinski definition) is 3. The number of benzene rings is 1. The van der Waals surface area contributed by atoms with E-state index in [0.29, 0.717) is 12.1 Å². The molecule has 3 nitrogen and oxygen atoms in total. The van der Waals surface area contributed by atoms with Gasteiger partial charge in [-0.25, -0.2) is 8.78 Å². The number of hydrogen-bond donors (Lipinski definition) is 0. The van der Waals surface area contributed by atoms with E-state index in [-0.39, 0.29) is 17.7 Å². The Kier molecular flexibility index (Phi) is 6.20. The van der Waals surface area contributed by atoms with Crippen molar-refractivity contribution in [3.05, 3.63) is 35.4 Å². The summed E-state index contributed by atoms with van der Waals surface area (Å²) in [6.07, 6.45) is 1.80. The van der Waals surface area contributed by atoms with Crippen molar-refractivity contribution in [2.45, 2.75) is 24.6 Å². The number of rotatable bonds is 6. The lowest BCUT2D eigenvalue weighted by atomic mass is 10.1. The van der Waals surface area contributed by atoms with E-state index in [1.165, 1.54) is 12.1 Å². The topological polar surface area (TPSA) is 23.6 Å². The van der Waals surface area contributed by atoms with Crippen LogP contribution in [0.15, 0.2) is 18.2 Å². The average molecular weight is 328 g/mol. The molecule has 1 aromatic rings. The molecule has 0 spiro atoms. The second-order valence-electron chi connectivity index (χ2n) is 5.80. The Balaban J connectivity index is 1.94. The predicted molar refractivity (Wildman–Crippen MR) is 85.8 cm³/mol. The minimum absolute atomic E-state index is 0.0443. The lowest BCUT2D eigenvalue weighted by Gasteiger charge is -2.32. The number of thioether (sulfide) groups is 1. The number of amides is 1. The fourth-order valence-electron chi connectivity index (χ4n) is 2.45. The predicted octanol–water partition coefficient (Wildman–Crippen LogP) is 2.75. The van der Waals surface area contributed by atoms with Crippen LogP contribution < -0.4 is 0 Å². The summed E-state index contributed by atoms with van der Waals surface area (Å²) in [6, 6.07) is 3.52. The molecule has 1 amide bonds. The Hall–Kier alpha value is -1.14. The molecule has 0 bridgehead atoms. The molecular formula is C16H22F2N2OS.